The van der Waals surface area contributed by atoms with Gasteiger partial charge in [-0.25, -0.2) is 9.78 Å². The quantitative estimate of drug-likeness (QED) is 0.451. The van der Waals surface area contributed by atoms with Crippen LogP contribution in [0.25, 0.3) is 0 Å². The highest BCUT2D eigenvalue weighted by atomic mass is 16.4. The Morgan fingerprint density at radius 1 is 1.47 bits per heavy atom. The first kappa shape index (κ1) is 14.4. The average Bonchev–Trinajstić information content (AvgIpc) is 2.82. The molecular formula is C10H13N5O4. The first-order valence-corrected chi connectivity index (χ1v) is 5.23. The van der Waals surface area contributed by atoms with Gasteiger partial charge in [-0.2, -0.15) is 0 Å². The molecule has 0 saturated heterocycles. The van der Waals surface area contributed by atoms with Crippen molar-refractivity contribution in [2.75, 3.05) is 0 Å². The minimum Gasteiger partial charge on any atom is -0.480 e. The van der Waals surface area contributed by atoms with Crippen LogP contribution in [-0.2, 0) is 11.2 Å². The number of aromatic nitrogens is 4. The predicted octanol–water partition coefficient (Wildman–Crippen LogP) is -1.57. The molecule has 1 unspecified atom stereocenters. The van der Waals surface area contributed by atoms with Gasteiger partial charge >= 0.3 is 11.7 Å². The molecule has 0 aliphatic carbocycles. The van der Waals surface area contributed by atoms with Gasteiger partial charge in [-0.15, -0.1) is 0 Å². The van der Waals surface area contributed by atoms with Crippen LogP contribution in [0.5, 0.6) is 0 Å². The third-order valence-corrected chi connectivity index (χ3v) is 1.99. The van der Waals surface area contributed by atoms with E-state index < -0.39 is 17.7 Å². The van der Waals surface area contributed by atoms with Crippen molar-refractivity contribution >= 4 is 5.97 Å². The molecule has 0 spiro atoms. The number of nitrogens with one attached hydrogen (secondary N) is 3. The molecule has 2 heterocycles. The fraction of sp³-hybridized carbons (Fsp3) is 0.200. The van der Waals surface area contributed by atoms with E-state index in [-0.39, 0.29) is 12.0 Å². The average molecular weight is 267 g/mol. The lowest BCUT2D eigenvalue weighted by Crippen LogP contribution is -2.32. The minimum absolute atomic E-state index is 0.263. The van der Waals surface area contributed by atoms with Crippen LogP contribution in [-0.4, -0.2) is 37.1 Å². The number of rotatable bonds is 3. The third-order valence-electron chi connectivity index (χ3n) is 1.99. The fourth-order valence-electron chi connectivity index (χ4n) is 1.10. The summed E-state index contributed by atoms with van der Waals surface area (Å²) in [6.45, 7) is 0. The molecule has 9 nitrogen and oxygen atoms in total. The van der Waals surface area contributed by atoms with Crippen LogP contribution in [0.4, 0.5) is 0 Å². The summed E-state index contributed by atoms with van der Waals surface area (Å²) >= 11 is 0. The molecule has 0 fully saturated rings. The number of carboxylic acids is 1. The lowest BCUT2D eigenvalue weighted by Gasteiger charge is -2.01. The Kier molecular flexibility index (Phi) is 5.23. The van der Waals surface area contributed by atoms with E-state index in [0.29, 0.717) is 5.69 Å². The molecule has 0 aliphatic heterocycles. The number of hydrogen-bond donors (Lipinski definition) is 5. The SMILES string of the molecule is NC(Cc1c[nH]cn1)C(=O)O.O=c1cc[nH]c(=O)[nH]1. The van der Waals surface area contributed by atoms with Crippen LogP contribution >= 0.6 is 0 Å². The molecule has 6 N–H and O–H groups in total. The molecule has 2 rings (SSSR count). The Labute approximate surface area is 106 Å². The molecule has 1 atom stereocenters. The molecule has 0 aliphatic rings. The molecular weight excluding hydrogens is 254 g/mol. The van der Waals surface area contributed by atoms with Crippen molar-refractivity contribution in [3.8, 4) is 0 Å². The summed E-state index contributed by atoms with van der Waals surface area (Å²) < 4.78 is 0. The Morgan fingerprint density at radius 3 is 2.63 bits per heavy atom. The maximum atomic E-state index is 10.3. The molecule has 19 heavy (non-hydrogen) atoms. The molecule has 102 valence electrons. The van der Waals surface area contributed by atoms with E-state index >= 15 is 0 Å². The standard InChI is InChI=1S/C6H9N3O2.C4H4N2O2/c7-5(6(10)11)1-4-2-8-3-9-4;7-3-1-2-5-4(8)6-3/h2-3,5H,1,7H2,(H,8,9)(H,10,11);1-2H,(H2,5,6,7,8). The first-order chi connectivity index (χ1) is 8.99. The molecule has 0 saturated carbocycles. The second kappa shape index (κ2) is 6.91. The second-order valence-corrected chi connectivity index (χ2v) is 3.51. The number of aliphatic carboxylic acids is 1. The topological polar surface area (TPSA) is 158 Å². The zero-order valence-corrected chi connectivity index (χ0v) is 9.79. The third kappa shape index (κ3) is 5.46. The van der Waals surface area contributed by atoms with Crippen LogP contribution in [0.1, 0.15) is 5.69 Å². The lowest BCUT2D eigenvalue weighted by atomic mass is 10.2. The Morgan fingerprint density at radius 2 is 2.21 bits per heavy atom. The van der Waals surface area contributed by atoms with Crippen LogP contribution in [0.3, 0.4) is 0 Å². The first-order valence-electron chi connectivity index (χ1n) is 5.23. The number of H-pyrrole nitrogens is 3. The maximum Gasteiger partial charge on any atom is 0.325 e. The molecule has 2 aromatic heterocycles. The van der Waals surface area contributed by atoms with Gasteiger partial charge in [0, 0.05) is 24.9 Å². The van der Waals surface area contributed by atoms with E-state index in [2.05, 4.69) is 15.0 Å². The Bertz CT molecular complexity index is 590. The summed E-state index contributed by atoms with van der Waals surface area (Å²) in [5.41, 5.74) is 5.07. The summed E-state index contributed by atoms with van der Waals surface area (Å²) in [6, 6.07) is 0.375. The van der Waals surface area contributed by atoms with Crippen molar-refractivity contribution in [1.29, 1.82) is 0 Å². The zero-order valence-electron chi connectivity index (χ0n) is 9.79. The van der Waals surface area contributed by atoms with Crippen LogP contribution < -0.4 is 17.0 Å². The number of nitrogens with zero attached hydrogens (tertiary/aromatic N) is 1. The second-order valence-electron chi connectivity index (χ2n) is 3.51. The smallest absolute Gasteiger partial charge is 0.325 e. The minimum atomic E-state index is -1.01. The van der Waals surface area contributed by atoms with Crippen molar-refractivity contribution in [3.63, 3.8) is 0 Å². The van der Waals surface area contributed by atoms with Crippen molar-refractivity contribution in [2.24, 2.45) is 5.73 Å². The van der Waals surface area contributed by atoms with Gasteiger partial charge in [0.2, 0.25) is 0 Å². The van der Waals surface area contributed by atoms with E-state index in [1.54, 1.807) is 6.20 Å². The normalized spacial score (nSPS) is 11.2. The van der Waals surface area contributed by atoms with Gasteiger partial charge in [-0.1, -0.05) is 0 Å². The Hall–Kier alpha value is -2.68. The van der Waals surface area contributed by atoms with E-state index in [1.165, 1.54) is 18.6 Å². The number of imidazole rings is 1. The summed E-state index contributed by atoms with van der Waals surface area (Å²) in [5, 5.41) is 8.42. The van der Waals surface area contributed by atoms with Crippen LogP contribution in [0.2, 0.25) is 0 Å². The van der Waals surface area contributed by atoms with E-state index in [0.717, 1.165) is 0 Å². The van der Waals surface area contributed by atoms with E-state index in [4.69, 9.17) is 10.8 Å². The number of nitrogens with two attached hydrogens (primary N) is 1. The van der Waals surface area contributed by atoms with Crippen LogP contribution in [0.15, 0.2) is 34.4 Å². The molecule has 9 heteroatoms. The van der Waals surface area contributed by atoms with E-state index in [1.807, 2.05) is 4.98 Å². The predicted molar refractivity (Wildman–Crippen MR) is 65.6 cm³/mol. The summed E-state index contributed by atoms with van der Waals surface area (Å²) in [7, 11) is 0. The van der Waals surface area contributed by atoms with Gasteiger partial charge in [0.05, 0.1) is 12.0 Å². The largest absolute Gasteiger partial charge is 0.480 e. The molecule has 0 aromatic carbocycles. The van der Waals surface area contributed by atoms with Crippen molar-refractivity contribution in [3.05, 3.63) is 51.3 Å². The highest BCUT2D eigenvalue weighted by molar-refractivity contribution is 5.73. The summed E-state index contributed by atoms with van der Waals surface area (Å²) in [6.07, 6.45) is 4.67. The zero-order chi connectivity index (χ0) is 14.3. The Balaban J connectivity index is 0.000000200. The number of carboxylic acid groups (broad SMARTS) is 1. The number of carbonyl (C=O) groups is 1. The van der Waals surface area contributed by atoms with Crippen LogP contribution in [0, 0.1) is 0 Å². The van der Waals surface area contributed by atoms with Crippen molar-refractivity contribution in [1.82, 2.24) is 19.9 Å². The summed E-state index contributed by atoms with van der Waals surface area (Å²) in [4.78, 5) is 41.5. The van der Waals surface area contributed by atoms with Gasteiger partial charge in [-0.3, -0.25) is 14.6 Å². The number of aromatic amines is 3. The fourth-order valence-corrected chi connectivity index (χ4v) is 1.10. The molecule has 0 radical (unpaired) electrons. The highest BCUT2D eigenvalue weighted by Gasteiger charge is 2.12. The van der Waals surface area contributed by atoms with Gasteiger partial charge in [-0.05, 0) is 0 Å². The lowest BCUT2D eigenvalue weighted by molar-refractivity contribution is -0.138. The van der Waals surface area contributed by atoms with Gasteiger partial charge in [0.1, 0.15) is 6.04 Å². The molecule has 0 amide bonds. The molecule has 0 bridgehead atoms. The van der Waals surface area contributed by atoms with E-state index in [9.17, 15) is 14.4 Å². The maximum absolute atomic E-state index is 10.3. The number of hydrogen-bond acceptors (Lipinski definition) is 5. The van der Waals surface area contributed by atoms with Gasteiger partial charge in [0.25, 0.3) is 5.56 Å². The van der Waals surface area contributed by atoms with Gasteiger partial charge in [0.15, 0.2) is 0 Å². The highest BCUT2D eigenvalue weighted by Crippen LogP contribution is 1.95. The van der Waals surface area contributed by atoms with Gasteiger partial charge < -0.3 is 20.8 Å². The molecule has 2 aromatic rings. The monoisotopic (exact) mass is 267 g/mol. The van der Waals surface area contributed by atoms with Crippen molar-refractivity contribution < 1.29 is 9.90 Å². The summed E-state index contributed by atoms with van der Waals surface area (Å²) in [5.74, 6) is -1.01. The van der Waals surface area contributed by atoms with Crippen molar-refractivity contribution in [2.45, 2.75) is 12.5 Å².